The van der Waals surface area contributed by atoms with Crippen LogP contribution in [0.3, 0.4) is 0 Å². The van der Waals surface area contributed by atoms with Crippen molar-refractivity contribution in [2.75, 3.05) is 5.32 Å². The zero-order valence-corrected chi connectivity index (χ0v) is 8.94. The maximum atomic E-state index is 5.15. The Morgan fingerprint density at radius 2 is 2.13 bits per heavy atom. The van der Waals surface area contributed by atoms with Gasteiger partial charge in [0.1, 0.15) is 0 Å². The van der Waals surface area contributed by atoms with E-state index < -0.39 is 0 Å². The van der Waals surface area contributed by atoms with Crippen LogP contribution >= 0.6 is 0 Å². The largest absolute Gasteiger partial charge is 0.461 e. The molecule has 0 atom stereocenters. The second kappa shape index (κ2) is 3.42. The molecule has 5 heteroatoms. The van der Waals surface area contributed by atoms with E-state index >= 15 is 0 Å². The molecule has 0 saturated carbocycles. The van der Waals surface area contributed by atoms with E-state index in [0.717, 1.165) is 0 Å². The van der Waals surface area contributed by atoms with Gasteiger partial charge in [0.2, 0.25) is 5.82 Å². The number of aromatic nitrogens is 2. The molecule has 0 unspecified atom stereocenters. The van der Waals surface area contributed by atoms with Crippen LogP contribution in [0.5, 0.6) is 0 Å². The van der Waals surface area contributed by atoms with E-state index in [4.69, 9.17) is 8.94 Å². The van der Waals surface area contributed by atoms with Crippen molar-refractivity contribution in [3.63, 3.8) is 0 Å². The average Bonchev–Trinajstić information content (AvgIpc) is 2.68. The molecular weight excluding hydrogens is 194 g/mol. The van der Waals surface area contributed by atoms with Gasteiger partial charge in [-0.25, -0.2) is 0 Å². The highest BCUT2D eigenvalue weighted by molar-refractivity contribution is 5.47. The molecule has 0 aliphatic carbocycles. The first-order chi connectivity index (χ1) is 7.04. The first-order valence-corrected chi connectivity index (χ1v) is 4.70. The van der Waals surface area contributed by atoms with Crippen molar-refractivity contribution in [1.29, 1.82) is 0 Å². The summed E-state index contributed by atoms with van der Waals surface area (Å²) in [6, 6.07) is 3.96. The molecule has 0 fully saturated rings. The Labute approximate surface area is 87.5 Å². The normalized spacial score (nSPS) is 11.7. The van der Waals surface area contributed by atoms with Gasteiger partial charge in [-0.15, -0.1) is 0 Å². The lowest BCUT2D eigenvalue weighted by Crippen LogP contribution is -2.26. The molecule has 2 aromatic rings. The molecule has 2 rings (SSSR count). The summed E-state index contributed by atoms with van der Waals surface area (Å²) in [4.78, 5) is 4.16. The summed E-state index contributed by atoms with van der Waals surface area (Å²) in [5, 5.41) is 6.88. The summed E-state index contributed by atoms with van der Waals surface area (Å²) in [6.45, 7) is 6.05. The second-order valence-electron chi connectivity index (χ2n) is 4.28. The number of nitrogens with zero attached hydrogens (tertiary/aromatic N) is 2. The van der Waals surface area contributed by atoms with E-state index in [0.29, 0.717) is 17.6 Å². The van der Waals surface area contributed by atoms with Crippen LogP contribution in [-0.4, -0.2) is 15.7 Å². The molecule has 2 heterocycles. The lowest BCUT2D eigenvalue weighted by atomic mass is 10.1. The third kappa shape index (κ3) is 2.37. The maximum absolute atomic E-state index is 5.15. The minimum atomic E-state index is -0.104. The monoisotopic (exact) mass is 207 g/mol. The van der Waals surface area contributed by atoms with Crippen LogP contribution in [0.15, 0.2) is 27.3 Å². The zero-order chi connectivity index (χ0) is 10.9. The summed E-state index contributed by atoms with van der Waals surface area (Å²) >= 11 is 0. The van der Waals surface area contributed by atoms with E-state index in [2.05, 4.69) is 15.5 Å². The predicted octanol–water partition coefficient (Wildman–Crippen LogP) is 2.54. The fraction of sp³-hybridized carbons (Fsp3) is 0.400. The maximum Gasteiger partial charge on any atom is 0.322 e. The van der Waals surface area contributed by atoms with Gasteiger partial charge in [-0.2, -0.15) is 4.98 Å². The Morgan fingerprint density at radius 1 is 1.33 bits per heavy atom. The molecule has 1 N–H and O–H groups in total. The number of hydrogen-bond donors (Lipinski definition) is 1. The van der Waals surface area contributed by atoms with E-state index in [1.165, 1.54) is 0 Å². The summed E-state index contributed by atoms with van der Waals surface area (Å²) in [7, 11) is 0. The van der Waals surface area contributed by atoms with Crippen LogP contribution in [0, 0.1) is 0 Å². The lowest BCUT2D eigenvalue weighted by molar-refractivity contribution is 0.418. The number of rotatable bonds is 2. The summed E-state index contributed by atoms with van der Waals surface area (Å²) in [5.41, 5.74) is -0.104. The Hall–Kier alpha value is -1.78. The number of nitrogens with one attached hydrogen (secondary N) is 1. The molecule has 5 nitrogen and oxygen atoms in total. The van der Waals surface area contributed by atoms with Crippen LogP contribution < -0.4 is 5.32 Å². The standard InChI is InChI=1S/C10H13N3O2/c1-10(2,3)12-9-11-8(13-15-9)7-5-4-6-14-7/h4-6H,1-3H3,(H,11,12,13). The molecule has 0 radical (unpaired) electrons. The molecule has 80 valence electrons. The molecular formula is C10H13N3O2. The molecule has 0 bridgehead atoms. The number of hydrogen-bond acceptors (Lipinski definition) is 5. The summed E-state index contributed by atoms with van der Waals surface area (Å²) < 4.78 is 10.2. The Bertz CT molecular complexity index is 426. The van der Waals surface area contributed by atoms with E-state index in [9.17, 15) is 0 Å². The smallest absolute Gasteiger partial charge is 0.322 e. The van der Waals surface area contributed by atoms with Crippen molar-refractivity contribution >= 4 is 6.01 Å². The summed E-state index contributed by atoms with van der Waals surface area (Å²) in [5.74, 6) is 1.05. The number of anilines is 1. The van der Waals surface area contributed by atoms with Crippen LogP contribution in [0.2, 0.25) is 0 Å². The van der Waals surface area contributed by atoms with Gasteiger partial charge >= 0.3 is 6.01 Å². The number of furan rings is 1. The van der Waals surface area contributed by atoms with E-state index in [1.807, 2.05) is 20.8 Å². The van der Waals surface area contributed by atoms with Crippen LogP contribution in [-0.2, 0) is 0 Å². The molecule has 0 aromatic carbocycles. The van der Waals surface area contributed by atoms with Gasteiger partial charge in [0.05, 0.1) is 6.26 Å². The van der Waals surface area contributed by atoms with Crippen molar-refractivity contribution in [3.05, 3.63) is 18.4 Å². The van der Waals surface area contributed by atoms with E-state index in [-0.39, 0.29) is 5.54 Å². The fourth-order valence-electron chi connectivity index (χ4n) is 1.10. The van der Waals surface area contributed by atoms with Crippen LogP contribution in [0.1, 0.15) is 20.8 Å². The molecule has 0 amide bonds. The van der Waals surface area contributed by atoms with Crippen molar-refractivity contribution in [3.8, 4) is 11.6 Å². The molecule has 0 spiro atoms. The zero-order valence-electron chi connectivity index (χ0n) is 8.94. The Morgan fingerprint density at radius 3 is 2.73 bits per heavy atom. The molecule has 15 heavy (non-hydrogen) atoms. The molecule has 0 aliphatic rings. The SMILES string of the molecule is CC(C)(C)Nc1nc(-c2ccco2)no1. The fourth-order valence-corrected chi connectivity index (χ4v) is 1.10. The van der Waals surface area contributed by atoms with Crippen LogP contribution in [0.25, 0.3) is 11.6 Å². The minimum Gasteiger partial charge on any atom is -0.461 e. The van der Waals surface area contributed by atoms with E-state index in [1.54, 1.807) is 18.4 Å². The van der Waals surface area contributed by atoms with Gasteiger partial charge < -0.3 is 14.3 Å². The van der Waals surface area contributed by atoms with Gasteiger partial charge in [0, 0.05) is 5.54 Å². The molecule has 2 aromatic heterocycles. The molecule has 0 saturated heterocycles. The topological polar surface area (TPSA) is 64.1 Å². The van der Waals surface area contributed by atoms with Gasteiger partial charge in [0.25, 0.3) is 0 Å². The Balaban J connectivity index is 2.18. The van der Waals surface area contributed by atoms with Crippen molar-refractivity contribution in [2.45, 2.75) is 26.3 Å². The highest BCUT2D eigenvalue weighted by Gasteiger charge is 2.16. The van der Waals surface area contributed by atoms with Gasteiger partial charge in [0.15, 0.2) is 5.76 Å². The third-order valence-corrected chi connectivity index (χ3v) is 1.65. The van der Waals surface area contributed by atoms with Gasteiger partial charge in [-0.1, -0.05) is 5.16 Å². The first kappa shape index (κ1) is 9.76. The first-order valence-electron chi connectivity index (χ1n) is 4.70. The highest BCUT2D eigenvalue weighted by atomic mass is 16.5. The van der Waals surface area contributed by atoms with Crippen molar-refractivity contribution < 1.29 is 8.94 Å². The second-order valence-corrected chi connectivity index (χ2v) is 4.28. The third-order valence-electron chi connectivity index (χ3n) is 1.65. The van der Waals surface area contributed by atoms with Crippen LogP contribution in [0.4, 0.5) is 6.01 Å². The van der Waals surface area contributed by atoms with Crippen molar-refractivity contribution in [2.24, 2.45) is 0 Å². The van der Waals surface area contributed by atoms with Gasteiger partial charge in [-0.05, 0) is 32.9 Å². The predicted molar refractivity (Wildman–Crippen MR) is 55.4 cm³/mol. The van der Waals surface area contributed by atoms with Crippen molar-refractivity contribution in [1.82, 2.24) is 10.1 Å². The quantitative estimate of drug-likeness (QED) is 0.819. The average molecular weight is 207 g/mol. The molecule has 0 aliphatic heterocycles. The minimum absolute atomic E-state index is 0.104. The lowest BCUT2D eigenvalue weighted by Gasteiger charge is -2.17. The highest BCUT2D eigenvalue weighted by Crippen LogP contribution is 2.19. The summed E-state index contributed by atoms with van der Waals surface area (Å²) in [6.07, 6.45) is 1.57. The Kier molecular flexibility index (Phi) is 2.22. The van der Waals surface area contributed by atoms with Gasteiger partial charge in [-0.3, -0.25) is 0 Å².